The molecule has 1 aliphatic rings. The van der Waals surface area contributed by atoms with Crippen LogP contribution in [0.15, 0.2) is 27.4 Å². The van der Waals surface area contributed by atoms with Crippen LogP contribution in [0.25, 0.3) is 11.0 Å². The highest BCUT2D eigenvalue weighted by molar-refractivity contribution is 5.85. The highest BCUT2D eigenvalue weighted by Gasteiger charge is 2.20. The topological polar surface area (TPSA) is 94.6 Å². The van der Waals surface area contributed by atoms with E-state index in [1.807, 2.05) is 19.1 Å². The number of halogens is 1. The molecule has 3 rings (SSSR count). The number of hydrogen-bond acceptors (Lipinski definition) is 5. The van der Waals surface area contributed by atoms with Gasteiger partial charge in [-0.1, -0.05) is 0 Å². The molecule has 7 heteroatoms. The van der Waals surface area contributed by atoms with Gasteiger partial charge in [0.2, 0.25) is 5.91 Å². The van der Waals surface area contributed by atoms with Crippen molar-refractivity contribution in [2.45, 2.75) is 57.5 Å². The van der Waals surface area contributed by atoms with Gasteiger partial charge in [-0.25, -0.2) is 4.79 Å². The van der Waals surface area contributed by atoms with Crippen LogP contribution < -0.4 is 21.4 Å². The van der Waals surface area contributed by atoms with Gasteiger partial charge in [0, 0.05) is 35.5 Å². The molecule has 1 aromatic carbocycles. The van der Waals surface area contributed by atoms with E-state index in [1.165, 1.54) is 0 Å². The van der Waals surface area contributed by atoms with E-state index < -0.39 is 0 Å². The lowest BCUT2D eigenvalue weighted by Crippen LogP contribution is -2.40. The quantitative estimate of drug-likeness (QED) is 0.760. The largest absolute Gasteiger partial charge is 0.497 e. The molecule has 0 spiro atoms. The molecule has 0 saturated heterocycles. The zero-order chi connectivity index (χ0) is 18.7. The monoisotopic (exact) mass is 394 g/mol. The van der Waals surface area contributed by atoms with Crippen molar-refractivity contribution in [2.75, 3.05) is 7.11 Å². The zero-order valence-corrected chi connectivity index (χ0v) is 16.6. The Labute approximate surface area is 164 Å². The molecule has 0 atom stereocenters. The Hall–Kier alpha value is -2.05. The van der Waals surface area contributed by atoms with Gasteiger partial charge in [0.25, 0.3) is 0 Å². The van der Waals surface area contributed by atoms with Crippen LogP contribution in [0.5, 0.6) is 5.75 Å². The van der Waals surface area contributed by atoms with Gasteiger partial charge >= 0.3 is 5.63 Å². The molecule has 0 radical (unpaired) electrons. The minimum absolute atomic E-state index is 0. The van der Waals surface area contributed by atoms with Crippen molar-refractivity contribution < 1.29 is 13.9 Å². The number of nitrogens with one attached hydrogen (secondary N) is 1. The Morgan fingerprint density at radius 3 is 2.67 bits per heavy atom. The maximum atomic E-state index is 12.3. The summed E-state index contributed by atoms with van der Waals surface area (Å²) in [5, 5.41) is 3.92. The summed E-state index contributed by atoms with van der Waals surface area (Å²) in [5.74, 6) is 0.610. The fourth-order valence-corrected chi connectivity index (χ4v) is 3.59. The number of ether oxygens (including phenoxy) is 1. The Kier molecular flexibility index (Phi) is 7.27. The first-order chi connectivity index (χ1) is 12.5. The SMILES string of the molecule is COc1ccc2c(C)c(CCC(=O)NC3CCC(N)CC3)c(=O)oc2c1.Cl. The smallest absolute Gasteiger partial charge is 0.339 e. The normalized spacial score (nSPS) is 19.4. The fourth-order valence-electron chi connectivity index (χ4n) is 3.59. The van der Waals surface area contributed by atoms with E-state index in [4.69, 9.17) is 14.9 Å². The first kappa shape index (κ1) is 21.3. The standard InChI is InChI=1S/C20H26N2O4.ClH/c1-12-16-8-7-15(25-2)11-18(16)26-20(24)17(12)9-10-19(23)22-14-5-3-13(21)4-6-14;/h7-8,11,13-14H,3-6,9-10,21H2,1-2H3,(H,22,23);1H. The molecule has 0 bridgehead atoms. The zero-order valence-electron chi connectivity index (χ0n) is 15.7. The lowest BCUT2D eigenvalue weighted by atomic mass is 9.91. The number of amides is 1. The molecule has 3 N–H and O–H groups in total. The number of aryl methyl sites for hydroxylation is 1. The molecular formula is C20H27ClN2O4. The van der Waals surface area contributed by atoms with E-state index >= 15 is 0 Å². The molecule has 1 amide bonds. The van der Waals surface area contributed by atoms with Gasteiger partial charge in [0.1, 0.15) is 11.3 Å². The van der Waals surface area contributed by atoms with Gasteiger partial charge in [0.05, 0.1) is 7.11 Å². The van der Waals surface area contributed by atoms with Crippen molar-refractivity contribution >= 4 is 29.3 Å². The lowest BCUT2D eigenvalue weighted by Gasteiger charge is -2.26. The Balaban J connectivity index is 0.00000261. The van der Waals surface area contributed by atoms with Crippen molar-refractivity contribution in [2.24, 2.45) is 5.73 Å². The summed E-state index contributed by atoms with van der Waals surface area (Å²) in [4.78, 5) is 24.6. The van der Waals surface area contributed by atoms with Crippen LogP contribution in [0.1, 0.15) is 43.2 Å². The average Bonchev–Trinajstić information content (AvgIpc) is 2.63. The van der Waals surface area contributed by atoms with Crippen molar-refractivity contribution in [3.63, 3.8) is 0 Å². The fraction of sp³-hybridized carbons (Fsp3) is 0.500. The Morgan fingerprint density at radius 1 is 1.30 bits per heavy atom. The predicted octanol–water partition coefficient (Wildman–Crippen LogP) is 2.85. The van der Waals surface area contributed by atoms with Gasteiger partial charge in [-0.2, -0.15) is 0 Å². The number of benzene rings is 1. The number of carbonyl (C=O) groups excluding carboxylic acids is 1. The summed E-state index contributed by atoms with van der Waals surface area (Å²) in [7, 11) is 1.57. The molecule has 1 heterocycles. The Bertz CT molecular complexity index is 857. The molecule has 6 nitrogen and oxygen atoms in total. The maximum absolute atomic E-state index is 12.3. The third-order valence-corrected chi connectivity index (χ3v) is 5.23. The molecular weight excluding hydrogens is 368 g/mol. The van der Waals surface area contributed by atoms with Crippen LogP contribution in [0.3, 0.4) is 0 Å². The summed E-state index contributed by atoms with van der Waals surface area (Å²) in [5.41, 5.74) is 7.42. The van der Waals surface area contributed by atoms with Crippen molar-refractivity contribution in [3.8, 4) is 5.75 Å². The summed E-state index contributed by atoms with van der Waals surface area (Å²) >= 11 is 0. The van der Waals surface area contributed by atoms with E-state index in [0.717, 1.165) is 36.6 Å². The second-order valence-electron chi connectivity index (χ2n) is 7.03. The number of carbonyl (C=O) groups is 1. The number of fused-ring (bicyclic) bond motifs is 1. The third kappa shape index (κ3) is 5.02. The number of methoxy groups -OCH3 is 1. The van der Waals surface area contributed by atoms with E-state index in [1.54, 1.807) is 13.2 Å². The summed E-state index contributed by atoms with van der Waals surface area (Å²) in [6, 6.07) is 5.87. The summed E-state index contributed by atoms with van der Waals surface area (Å²) < 4.78 is 10.6. The summed E-state index contributed by atoms with van der Waals surface area (Å²) in [6.45, 7) is 1.89. The minimum Gasteiger partial charge on any atom is -0.497 e. The predicted molar refractivity (Wildman–Crippen MR) is 108 cm³/mol. The molecule has 27 heavy (non-hydrogen) atoms. The van der Waals surface area contributed by atoms with Crippen molar-refractivity contribution in [1.29, 1.82) is 0 Å². The van der Waals surface area contributed by atoms with E-state index in [2.05, 4.69) is 5.32 Å². The maximum Gasteiger partial charge on any atom is 0.339 e. The lowest BCUT2D eigenvalue weighted by molar-refractivity contribution is -0.122. The van der Waals surface area contributed by atoms with Crippen LogP contribution >= 0.6 is 12.4 Å². The average molecular weight is 395 g/mol. The molecule has 2 aromatic rings. The van der Waals surface area contributed by atoms with Crippen LogP contribution in [0.2, 0.25) is 0 Å². The number of nitrogens with two attached hydrogens (primary N) is 1. The molecule has 0 unspecified atom stereocenters. The van der Waals surface area contributed by atoms with Crippen LogP contribution in [0.4, 0.5) is 0 Å². The first-order valence-corrected chi connectivity index (χ1v) is 9.13. The summed E-state index contributed by atoms with van der Waals surface area (Å²) in [6.07, 6.45) is 4.38. The number of hydrogen-bond donors (Lipinski definition) is 2. The van der Waals surface area contributed by atoms with Crippen LogP contribution in [-0.2, 0) is 11.2 Å². The van der Waals surface area contributed by atoms with Gasteiger partial charge in [-0.15, -0.1) is 12.4 Å². The van der Waals surface area contributed by atoms with Crippen LogP contribution in [-0.4, -0.2) is 25.1 Å². The van der Waals surface area contributed by atoms with E-state index in [9.17, 15) is 9.59 Å². The molecule has 1 aliphatic carbocycles. The molecule has 0 aliphatic heterocycles. The van der Waals surface area contributed by atoms with Gasteiger partial charge < -0.3 is 20.2 Å². The molecule has 148 valence electrons. The highest BCUT2D eigenvalue weighted by atomic mass is 35.5. The molecule has 1 aromatic heterocycles. The number of rotatable bonds is 5. The van der Waals surface area contributed by atoms with E-state index in [0.29, 0.717) is 23.3 Å². The van der Waals surface area contributed by atoms with E-state index in [-0.39, 0.29) is 42.4 Å². The first-order valence-electron chi connectivity index (χ1n) is 9.13. The van der Waals surface area contributed by atoms with Gasteiger partial charge in [0.15, 0.2) is 0 Å². The minimum atomic E-state index is -0.389. The van der Waals surface area contributed by atoms with Gasteiger partial charge in [-0.3, -0.25) is 4.79 Å². The highest BCUT2D eigenvalue weighted by Crippen LogP contribution is 2.24. The van der Waals surface area contributed by atoms with Gasteiger partial charge in [-0.05, 0) is 56.7 Å². The van der Waals surface area contributed by atoms with Crippen molar-refractivity contribution in [3.05, 3.63) is 39.7 Å². The second-order valence-corrected chi connectivity index (χ2v) is 7.03. The van der Waals surface area contributed by atoms with Crippen LogP contribution in [0, 0.1) is 6.92 Å². The third-order valence-electron chi connectivity index (χ3n) is 5.23. The van der Waals surface area contributed by atoms with Crippen molar-refractivity contribution in [1.82, 2.24) is 5.32 Å². The second kappa shape index (κ2) is 9.24. The molecule has 1 fully saturated rings. The Morgan fingerprint density at radius 2 is 2.00 bits per heavy atom. The molecule has 1 saturated carbocycles.